The highest BCUT2D eigenvalue weighted by Crippen LogP contribution is 2.27. The summed E-state index contributed by atoms with van der Waals surface area (Å²) in [7, 11) is 0. The lowest BCUT2D eigenvalue weighted by Gasteiger charge is -2.25. The summed E-state index contributed by atoms with van der Waals surface area (Å²) in [5, 5.41) is 14.7. The largest absolute Gasteiger partial charge is 0.350 e. The van der Waals surface area contributed by atoms with E-state index in [1.54, 1.807) is 12.1 Å². The molecule has 0 aromatic heterocycles. The molecule has 0 heterocycles. The van der Waals surface area contributed by atoms with Gasteiger partial charge in [0.15, 0.2) is 0 Å². The molecule has 6 nitrogen and oxygen atoms in total. The second-order valence-electron chi connectivity index (χ2n) is 8.62. The molecule has 1 fully saturated rings. The average Bonchev–Trinajstić information content (AvgIpc) is 2.83. The van der Waals surface area contributed by atoms with Crippen molar-refractivity contribution in [1.29, 1.82) is 5.26 Å². The van der Waals surface area contributed by atoms with E-state index >= 15 is 0 Å². The van der Waals surface area contributed by atoms with Crippen LogP contribution < -0.4 is 16.4 Å². The molecule has 3 rings (SSSR count). The molecule has 0 radical (unpaired) electrons. The number of hydrogen-bond acceptors (Lipinski definition) is 4. The van der Waals surface area contributed by atoms with Crippen LogP contribution in [0.15, 0.2) is 54.6 Å². The smallest absolute Gasteiger partial charge is 0.243 e. The van der Waals surface area contributed by atoms with E-state index in [-0.39, 0.29) is 11.8 Å². The van der Waals surface area contributed by atoms with Gasteiger partial charge in [0.25, 0.3) is 0 Å². The number of nitrogens with two attached hydrogens (primary N) is 1. The standard InChI is InChI=1S/C26H32N4O2/c27-17-21-11-13-22(14-12-21)18-29-26(32)24(16-20-9-5-2-6-10-20)30-25(31)23(28)15-19-7-3-1-4-8-19/h2,5-6,9-14,19,23-24H,1,3-4,7-8,15-16,18,28H2,(H,29,32)(H,30,31)/t23-,24+/m1/s1. The molecule has 168 valence electrons. The number of nitrogens with zero attached hydrogens (tertiary/aromatic N) is 1. The highest BCUT2D eigenvalue weighted by Gasteiger charge is 2.26. The summed E-state index contributed by atoms with van der Waals surface area (Å²) < 4.78 is 0. The highest BCUT2D eigenvalue weighted by atomic mass is 16.2. The van der Waals surface area contributed by atoms with Gasteiger partial charge < -0.3 is 16.4 Å². The van der Waals surface area contributed by atoms with Gasteiger partial charge in [0.05, 0.1) is 17.7 Å². The zero-order chi connectivity index (χ0) is 22.8. The van der Waals surface area contributed by atoms with Crippen LogP contribution in [0.5, 0.6) is 0 Å². The average molecular weight is 433 g/mol. The Morgan fingerprint density at radius 2 is 1.66 bits per heavy atom. The van der Waals surface area contributed by atoms with Crippen molar-refractivity contribution in [3.63, 3.8) is 0 Å². The van der Waals surface area contributed by atoms with Gasteiger partial charge in [0, 0.05) is 13.0 Å². The first-order chi connectivity index (χ1) is 15.5. The summed E-state index contributed by atoms with van der Waals surface area (Å²) in [6, 6.07) is 17.4. The predicted molar refractivity (Wildman–Crippen MR) is 124 cm³/mol. The normalized spacial score (nSPS) is 15.9. The van der Waals surface area contributed by atoms with Gasteiger partial charge in [-0.3, -0.25) is 9.59 Å². The number of hydrogen-bond donors (Lipinski definition) is 3. The van der Waals surface area contributed by atoms with E-state index in [9.17, 15) is 9.59 Å². The van der Waals surface area contributed by atoms with Crippen molar-refractivity contribution in [1.82, 2.24) is 10.6 Å². The molecule has 2 aromatic rings. The summed E-state index contributed by atoms with van der Waals surface area (Å²) in [5.41, 5.74) is 8.63. The second kappa shape index (κ2) is 12.0. The van der Waals surface area contributed by atoms with Gasteiger partial charge in [-0.2, -0.15) is 5.26 Å². The van der Waals surface area contributed by atoms with Crippen molar-refractivity contribution in [2.45, 2.75) is 63.6 Å². The highest BCUT2D eigenvalue weighted by molar-refractivity contribution is 5.89. The minimum Gasteiger partial charge on any atom is -0.350 e. The number of rotatable bonds is 9. The van der Waals surface area contributed by atoms with E-state index in [0.717, 1.165) is 24.0 Å². The summed E-state index contributed by atoms with van der Waals surface area (Å²) in [6.07, 6.45) is 6.97. The Labute approximate surface area is 190 Å². The van der Waals surface area contributed by atoms with E-state index < -0.39 is 12.1 Å². The molecule has 1 aliphatic carbocycles. The molecular weight excluding hydrogens is 400 g/mol. The van der Waals surface area contributed by atoms with Gasteiger partial charge in [-0.15, -0.1) is 0 Å². The van der Waals surface area contributed by atoms with E-state index in [0.29, 0.717) is 30.9 Å². The summed E-state index contributed by atoms with van der Waals surface area (Å²) in [4.78, 5) is 25.8. The molecular formula is C26H32N4O2. The Bertz CT molecular complexity index is 915. The first kappa shape index (κ1) is 23.5. The summed E-state index contributed by atoms with van der Waals surface area (Å²) >= 11 is 0. The zero-order valence-electron chi connectivity index (χ0n) is 18.4. The van der Waals surface area contributed by atoms with Gasteiger partial charge in [-0.25, -0.2) is 0 Å². The monoisotopic (exact) mass is 432 g/mol. The van der Waals surface area contributed by atoms with E-state index in [4.69, 9.17) is 11.0 Å². The van der Waals surface area contributed by atoms with E-state index in [2.05, 4.69) is 16.7 Å². The fourth-order valence-corrected chi connectivity index (χ4v) is 4.24. The van der Waals surface area contributed by atoms with Crippen molar-refractivity contribution >= 4 is 11.8 Å². The molecule has 6 heteroatoms. The molecule has 32 heavy (non-hydrogen) atoms. The third-order valence-corrected chi connectivity index (χ3v) is 6.11. The third kappa shape index (κ3) is 7.21. The van der Waals surface area contributed by atoms with Crippen molar-refractivity contribution in [3.8, 4) is 6.07 Å². The fourth-order valence-electron chi connectivity index (χ4n) is 4.24. The van der Waals surface area contributed by atoms with Gasteiger partial charge in [-0.1, -0.05) is 74.6 Å². The Hall–Kier alpha value is -3.17. The molecule has 0 bridgehead atoms. The van der Waals surface area contributed by atoms with Crippen LogP contribution >= 0.6 is 0 Å². The molecule has 2 atom stereocenters. The Morgan fingerprint density at radius 3 is 2.31 bits per heavy atom. The molecule has 4 N–H and O–H groups in total. The van der Waals surface area contributed by atoms with Crippen molar-refractivity contribution in [2.24, 2.45) is 11.7 Å². The van der Waals surface area contributed by atoms with Gasteiger partial charge in [0.1, 0.15) is 6.04 Å². The Balaban J connectivity index is 1.61. The van der Waals surface area contributed by atoms with Gasteiger partial charge in [0.2, 0.25) is 11.8 Å². The Kier molecular flexibility index (Phi) is 8.82. The topological polar surface area (TPSA) is 108 Å². The van der Waals surface area contributed by atoms with Crippen LogP contribution in [0.25, 0.3) is 0 Å². The third-order valence-electron chi connectivity index (χ3n) is 6.11. The molecule has 0 aliphatic heterocycles. The van der Waals surface area contributed by atoms with Crippen LogP contribution in [0.4, 0.5) is 0 Å². The number of amides is 2. The van der Waals surface area contributed by atoms with Crippen molar-refractivity contribution < 1.29 is 9.59 Å². The summed E-state index contributed by atoms with van der Waals surface area (Å²) in [5.74, 6) is -0.0382. The lowest BCUT2D eigenvalue weighted by Crippen LogP contribution is -2.52. The quantitative estimate of drug-likeness (QED) is 0.565. The van der Waals surface area contributed by atoms with Crippen LogP contribution in [0, 0.1) is 17.2 Å². The lowest BCUT2D eigenvalue weighted by atomic mass is 9.85. The van der Waals surface area contributed by atoms with Crippen LogP contribution in [0.2, 0.25) is 0 Å². The minimum atomic E-state index is -0.708. The lowest BCUT2D eigenvalue weighted by molar-refractivity contribution is -0.129. The van der Waals surface area contributed by atoms with Gasteiger partial charge in [-0.05, 0) is 35.6 Å². The Morgan fingerprint density at radius 1 is 0.969 bits per heavy atom. The maximum atomic E-state index is 13.0. The molecule has 1 aliphatic rings. The second-order valence-corrected chi connectivity index (χ2v) is 8.62. The zero-order valence-corrected chi connectivity index (χ0v) is 18.4. The number of nitriles is 1. The fraction of sp³-hybridized carbons (Fsp3) is 0.423. The van der Waals surface area contributed by atoms with Crippen LogP contribution in [0.1, 0.15) is 55.2 Å². The summed E-state index contributed by atoms with van der Waals surface area (Å²) in [6.45, 7) is 0.319. The molecule has 2 aromatic carbocycles. The maximum Gasteiger partial charge on any atom is 0.243 e. The maximum absolute atomic E-state index is 13.0. The van der Waals surface area contributed by atoms with Crippen LogP contribution in [-0.4, -0.2) is 23.9 Å². The molecule has 1 saturated carbocycles. The van der Waals surface area contributed by atoms with Crippen molar-refractivity contribution in [3.05, 3.63) is 71.3 Å². The van der Waals surface area contributed by atoms with Gasteiger partial charge >= 0.3 is 0 Å². The number of benzene rings is 2. The van der Waals surface area contributed by atoms with Crippen LogP contribution in [0.3, 0.4) is 0 Å². The predicted octanol–water partition coefficient (Wildman–Crippen LogP) is 3.20. The number of nitrogens with one attached hydrogen (secondary N) is 2. The SMILES string of the molecule is N#Cc1ccc(CNC(=O)[C@H](Cc2ccccc2)NC(=O)[C@H](N)CC2CCCCC2)cc1. The van der Waals surface area contributed by atoms with E-state index in [1.807, 2.05) is 42.5 Å². The number of carbonyl (C=O) groups excluding carboxylic acids is 2. The first-order valence-corrected chi connectivity index (χ1v) is 11.4. The minimum absolute atomic E-state index is 0.253. The molecule has 0 saturated heterocycles. The van der Waals surface area contributed by atoms with Crippen molar-refractivity contribution in [2.75, 3.05) is 0 Å². The first-order valence-electron chi connectivity index (χ1n) is 11.4. The molecule has 2 amide bonds. The number of carbonyl (C=O) groups is 2. The van der Waals surface area contributed by atoms with Crippen LogP contribution in [-0.2, 0) is 22.6 Å². The molecule has 0 spiro atoms. The molecule has 0 unspecified atom stereocenters. The van der Waals surface area contributed by atoms with E-state index in [1.165, 1.54) is 19.3 Å².